The van der Waals surface area contributed by atoms with Crippen molar-refractivity contribution in [1.29, 1.82) is 0 Å². The summed E-state index contributed by atoms with van der Waals surface area (Å²) in [4.78, 5) is 28.8. The van der Waals surface area contributed by atoms with Crippen LogP contribution >= 0.6 is 0 Å². The van der Waals surface area contributed by atoms with Crippen molar-refractivity contribution in [3.63, 3.8) is 0 Å². The Morgan fingerprint density at radius 1 is 1.21 bits per heavy atom. The Morgan fingerprint density at radius 3 is 2.71 bits per heavy atom. The van der Waals surface area contributed by atoms with Crippen LogP contribution in [0.15, 0.2) is 53.4 Å². The van der Waals surface area contributed by atoms with Crippen LogP contribution in [0, 0.1) is 0 Å². The number of amides is 1. The van der Waals surface area contributed by atoms with E-state index in [1.54, 1.807) is 6.07 Å². The molecule has 0 spiro atoms. The van der Waals surface area contributed by atoms with Gasteiger partial charge >= 0.3 is 0 Å². The van der Waals surface area contributed by atoms with E-state index in [4.69, 9.17) is 4.74 Å². The van der Waals surface area contributed by atoms with E-state index >= 15 is 0 Å². The second-order valence-corrected chi connectivity index (χ2v) is 6.86. The number of nitrogens with one attached hydrogen (secondary N) is 1. The van der Waals surface area contributed by atoms with E-state index in [2.05, 4.69) is 10.3 Å². The fraction of sp³-hybridized carbons (Fsp3) is 0.435. The molecule has 0 fully saturated rings. The Balaban J connectivity index is 0.00000420. The number of carbonyl (C=O) groups is 2. The number of carbonyl (C=O) groups excluding carboxylic acids is 2. The number of aliphatic imine (C=N–C) groups is 1. The molecule has 1 heterocycles. The lowest BCUT2D eigenvalue weighted by Crippen LogP contribution is -2.36. The van der Waals surface area contributed by atoms with Gasteiger partial charge < -0.3 is 14.8 Å². The third kappa shape index (κ3) is 6.80. The van der Waals surface area contributed by atoms with Crippen molar-refractivity contribution in [2.45, 2.75) is 58.4 Å². The summed E-state index contributed by atoms with van der Waals surface area (Å²) in [5.41, 5.74) is 1.95. The highest BCUT2D eigenvalue weighted by Crippen LogP contribution is 2.15. The zero-order valence-electron chi connectivity index (χ0n) is 16.8. The standard InChI is InChI=1S/C23H30N2O3.H2/c1-3-4-7-15-22-24-18(2)20-13-9-10-14-21(20)23(27)25-19(17-26)12-8-5-6-11-16-28-22;/h3-4,9-10,13-15,17,19H,5-8,11-12,16H2,1-2H3,(H,25,27);1H/b4-3-,22-15+,24-18+;/t19-;/m0./s1. The molecule has 0 unspecified atom stereocenters. The molecule has 1 aromatic carbocycles. The van der Waals surface area contributed by atoms with Gasteiger partial charge in [0.05, 0.1) is 12.6 Å². The number of rotatable bonds is 3. The third-order valence-electron chi connectivity index (χ3n) is 4.64. The molecule has 0 saturated carbocycles. The molecular formula is C23H32N2O3. The van der Waals surface area contributed by atoms with Crippen LogP contribution in [0.4, 0.5) is 0 Å². The smallest absolute Gasteiger partial charge is 0.252 e. The minimum atomic E-state index is -0.463. The van der Waals surface area contributed by atoms with Gasteiger partial charge in [0, 0.05) is 18.3 Å². The molecule has 1 aliphatic rings. The van der Waals surface area contributed by atoms with Gasteiger partial charge in [0.1, 0.15) is 6.29 Å². The van der Waals surface area contributed by atoms with Gasteiger partial charge in [-0.2, -0.15) is 0 Å². The number of hydrogen-bond acceptors (Lipinski definition) is 4. The van der Waals surface area contributed by atoms with Crippen molar-refractivity contribution >= 4 is 17.9 Å². The first-order valence-electron chi connectivity index (χ1n) is 10.0. The van der Waals surface area contributed by atoms with Crippen LogP contribution in [0.1, 0.15) is 69.7 Å². The molecule has 28 heavy (non-hydrogen) atoms. The number of nitrogens with zero attached hydrogens (tertiary/aromatic N) is 1. The summed E-state index contributed by atoms with van der Waals surface area (Å²) in [5, 5.41) is 2.85. The van der Waals surface area contributed by atoms with Crippen molar-refractivity contribution in [2.75, 3.05) is 6.61 Å². The molecule has 1 N–H and O–H groups in total. The first kappa shape index (κ1) is 21.6. The van der Waals surface area contributed by atoms with E-state index in [-0.39, 0.29) is 7.33 Å². The van der Waals surface area contributed by atoms with E-state index in [1.807, 2.05) is 50.3 Å². The number of ether oxygens (including phenoxy) is 1. The molecule has 152 valence electrons. The van der Waals surface area contributed by atoms with E-state index in [1.165, 1.54) is 0 Å². The maximum Gasteiger partial charge on any atom is 0.252 e. The second kappa shape index (κ2) is 11.9. The minimum Gasteiger partial charge on any atom is -0.478 e. The molecule has 1 amide bonds. The average Bonchev–Trinajstić information content (AvgIpc) is 2.71. The van der Waals surface area contributed by atoms with Gasteiger partial charge in [-0.05, 0) is 45.3 Å². The molecule has 0 bridgehead atoms. The van der Waals surface area contributed by atoms with Crippen LogP contribution in [-0.2, 0) is 9.53 Å². The second-order valence-electron chi connectivity index (χ2n) is 6.86. The lowest BCUT2D eigenvalue weighted by Gasteiger charge is -2.14. The quantitative estimate of drug-likeness (QED) is 0.600. The van der Waals surface area contributed by atoms with Crippen molar-refractivity contribution in [3.8, 4) is 0 Å². The van der Waals surface area contributed by atoms with Gasteiger partial charge in [-0.15, -0.1) is 0 Å². The van der Waals surface area contributed by atoms with Gasteiger partial charge in [0.25, 0.3) is 5.91 Å². The number of allylic oxidation sites excluding steroid dienone is 3. The predicted octanol–water partition coefficient (Wildman–Crippen LogP) is 4.83. The van der Waals surface area contributed by atoms with Gasteiger partial charge in [-0.25, -0.2) is 4.99 Å². The van der Waals surface area contributed by atoms with Crippen LogP contribution in [-0.4, -0.2) is 30.6 Å². The molecule has 5 heteroatoms. The zero-order chi connectivity index (χ0) is 20.2. The fourth-order valence-corrected chi connectivity index (χ4v) is 3.08. The summed E-state index contributed by atoms with van der Waals surface area (Å²) in [5.74, 6) is 0.323. The van der Waals surface area contributed by atoms with Crippen LogP contribution in [0.5, 0.6) is 0 Å². The Hall–Kier alpha value is -2.69. The molecule has 5 nitrogen and oxygen atoms in total. The fourth-order valence-electron chi connectivity index (χ4n) is 3.08. The van der Waals surface area contributed by atoms with Gasteiger partial charge in [-0.3, -0.25) is 4.79 Å². The average molecular weight is 385 g/mol. The minimum absolute atomic E-state index is 0. The molecular weight excluding hydrogens is 352 g/mol. The third-order valence-corrected chi connectivity index (χ3v) is 4.64. The Kier molecular flexibility index (Phi) is 9.19. The van der Waals surface area contributed by atoms with E-state index < -0.39 is 6.04 Å². The summed E-state index contributed by atoms with van der Waals surface area (Å²) < 4.78 is 5.90. The van der Waals surface area contributed by atoms with Crippen molar-refractivity contribution in [2.24, 2.45) is 4.99 Å². The zero-order valence-corrected chi connectivity index (χ0v) is 16.8. The summed E-state index contributed by atoms with van der Waals surface area (Å²) in [6.07, 6.45) is 12.0. The number of benzene rings is 1. The molecule has 0 aliphatic carbocycles. The monoisotopic (exact) mass is 384 g/mol. The highest BCUT2D eigenvalue weighted by molar-refractivity contribution is 6.10. The molecule has 1 aromatic rings. The first-order valence-corrected chi connectivity index (χ1v) is 10.0. The summed E-state index contributed by atoms with van der Waals surface area (Å²) >= 11 is 0. The number of aldehydes is 1. The maximum atomic E-state index is 12.8. The Labute approximate surface area is 169 Å². The van der Waals surface area contributed by atoms with Crippen LogP contribution in [0.25, 0.3) is 0 Å². The SMILES string of the molecule is C/C=C\C/C=C1\N=C(/C)c2ccccc2C(=O)N[C@H](C=O)CCCCCCO1.[HH]. The summed E-state index contributed by atoms with van der Waals surface area (Å²) in [6, 6.07) is 6.85. The lowest BCUT2D eigenvalue weighted by atomic mass is 10.0. The molecule has 0 aromatic heterocycles. The molecule has 0 radical (unpaired) electrons. The van der Waals surface area contributed by atoms with E-state index in [0.717, 1.165) is 44.0 Å². The predicted molar refractivity (Wildman–Crippen MR) is 115 cm³/mol. The van der Waals surface area contributed by atoms with Gasteiger partial charge in [0.15, 0.2) is 0 Å². The largest absolute Gasteiger partial charge is 0.478 e. The highest BCUT2D eigenvalue weighted by Gasteiger charge is 2.17. The molecule has 1 atom stereocenters. The van der Waals surface area contributed by atoms with Crippen LogP contribution < -0.4 is 5.32 Å². The highest BCUT2D eigenvalue weighted by atomic mass is 16.5. The lowest BCUT2D eigenvalue weighted by molar-refractivity contribution is -0.109. The van der Waals surface area contributed by atoms with Crippen molar-refractivity contribution in [1.82, 2.24) is 5.32 Å². The van der Waals surface area contributed by atoms with Crippen LogP contribution in [0.3, 0.4) is 0 Å². The molecule has 0 saturated heterocycles. The normalized spacial score (nSPS) is 22.9. The Bertz CT molecular complexity index is 756. The summed E-state index contributed by atoms with van der Waals surface area (Å²) in [7, 11) is 0. The van der Waals surface area contributed by atoms with Gasteiger partial charge in [0.2, 0.25) is 5.88 Å². The van der Waals surface area contributed by atoms with Crippen molar-refractivity contribution < 1.29 is 15.8 Å². The van der Waals surface area contributed by atoms with Crippen molar-refractivity contribution in [3.05, 3.63) is 59.5 Å². The number of hydrogen-bond donors (Lipinski definition) is 1. The topological polar surface area (TPSA) is 67.8 Å². The van der Waals surface area contributed by atoms with Gasteiger partial charge in [-0.1, -0.05) is 49.6 Å². The van der Waals surface area contributed by atoms with E-state index in [9.17, 15) is 9.59 Å². The van der Waals surface area contributed by atoms with E-state index in [0.29, 0.717) is 30.2 Å². The van der Waals surface area contributed by atoms with Crippen LogP contribution in [0.2, 0.25) is 0 Å². The first-order chi connectivity index (χ1) is 13.7. The Morgan fingerprint density at radius 2 is 1.96 bits per heavy atom. The maximum absolute atomic E-state index is 12.8. The molecule has 2 rings (SSSR count). The number of fused-ring (bicyclic) bond motifs is 1. The molecule has 1 aliphatic heterocycles. The summed E-state index contributed by atoms with van der Waals surface area (Å²) in [6.45, 7) is 4.45.